The molecule has 2 heterocycles. The summed E-state index contributed by atoms with van der Waals surface area (Å²) in [7, 11) is 0. The van der Waals surface area contributed by atoms with E-state index in [1.54, 1.807) is 6.07 Å². The van der Waals surface area contributed by atoms with E-state index >= 15 is 0 Å². The number of hydrogen-bond donors (Lipinski definition) is 1. The van der Waals surface area contributed by atoms with Crippen molar-refractivity contribution >= 4 is 12.1 Å². The minimum Gasteiger partial charge on any atom is -0.395 e. The molecule has 1 aliphatic rings. The van der Waals surface area contributed by atoms with E-state index in [4.69, 9.17) is 5.11 Å². The number of anilines is 1. The van der Waals surface area contributed by atoms with Crippen molar-refractivity contribution in [3.05, 3.63) is 17.8 Å². The van der Waals surface area contributed by atoms with Gasteiger partial charge < -0.3 is 10.0 Å². The van der Waals surface area contributed by atoms with Gasteiger partial charge in [-0.3, -0.25) is 9.69 Å². The first-order chi connectivity index (χ1) is 8.33. The van der Waals surface area contributed by atoms with Crippen LogP contribution in [0.4, 0.5) is 5.82 Å². The lowest BCUT2D eigenvalue weighted by atomic mass is 10.3. The number of aliphatic hydroxyl groups excluding tert-OH is 1. The van der Waals surface area contributed by atoms with Crippen LogP contribution in [0.3, 0.4) is 0 Å². The number of piperazine rings is 1. The summed E-state index contributed by atoms with van der Waals surface area (Å²) in [5, 5.41) is 16.7. The molecule has 1 aromatic heterocycles. The molecule has 0 radical (unpaired) electrons. The standard InChI is InChI=1S/C11H16N4O2/c16-8-7-14-3-5-15(6-4-14)11-2-1-10(9-17)12-13-11/h1-2,9,16H,3-8H2. The number of nitrogens with zero attached hydrogens (tertiary/aromatic N) is 4. The summed E-state index contributed by atoms with van der Waals surface area (Å²) < 4.78 is 0. The van der Waals surface area contributed by atoms with Crippen LogP contribution in [0.5, 0.6) is 0 Å². The Kier molecular flexibility index (Phi) is 4.00. The Labute approximate surface area is 99.9 Å². The van der Waals surface area contributed by atoms with Crippen LogP contribution in [0, 0.1) is 0 Å². The first-order valence-electron chi connectivity index (χ1n) is 5.70. The fourth-order valence-electron chi connectivity index (χ4n) is 1.91. The first-order valence-corrected chi connectivity index (χ1v) is 5.70. The quantitative estimate of drug-likeness (QED) is 0.704. The number of rotatable bonds is 4. The van der Waals surface area contributed by atoms with Gasteiger partial charge in [0.15, 0.2) is 12.1 Å². The SMILES string of the molecule is O=Cc1ccc(N2CCN(CCO)CC2)nn1. The second-order valence-electron chi connectivity index (χ2n) is 3.99. The van der Waals surface area contributed by atoms with Gasteiger partial charge in [0.1, 0.15) is 5.69 Å². The molecular weight excluding hydrogens is 220 g/mol. The van der Waals surface area contributed by atoms with Crippen molar-refractivity contribution in [3.8, 4) is 0 Å². The van der Waals surface area contributed by atoms with Crippen molar-refractivity contribution < 1.29 is 9.90 Å². The summed E-state index contributed by atoms with van der Waals surface area (Å²) >= 11 is 0. The van der Waals surface area contributed by atoms with E-state index in [0.29, 0.717) is 12.0 Å². The van der Waals surface area contributed by atoms with Gasteiger partial charge in [0.2, 0.25) is 0 Å². The molecule has 1 aliphatic heterocycles. The average molecular weight is 236 g/mol. The lowest BCUT2D eigenvalue weighted by Gasteiger charge is -2.34. The third-order valence-corrected chi connectivity index (χ3v) is 2.90. The van der Waals surface area contributed by atoms with Gasteiger partial charge in [-0.15, -0.1) is 10.2 Å². The highest BCUT2D eigenvalue weighted by Gasteiger charge is 2.17. The summed E-state index contributed by atoms with van der Waals surface area (Å²) in [4.78, 5) is 14.8. The third-order valence-electron chi connectivity index (χ3n) is 2.90. The molecule has 1 aromatic rings. The number of aliphatic hydroxyl groups is 1. The van der Waals surface area contributed by atoms with Crippen molar-refractivity contribution in [2.75, 3.05) is 44.2 Å². The van der Waals surface area contributed by atoms with Crippen LogP contribution >= 0.6 is 0 Å². The predicted molar refractivity (Wildman–Crippen MR) is 63.2 cm³/mol. The highest BCUT2D eigenvalue weighted by molar-refractivity contribution is 5.71. The van der Waals surface area contributed by atoms with Gasteiger partial charge >= 0.3 is 0 Å². The molecule has 1 saturated heterocycles. The van der Waals surface area contributed by atoms with Crippen molar-refractivity contribution in [2.45, 2.75) is 0 Å². The van der Waals surface area contributed by atoms with E-state index in [0.717, 1.165) is 38.5 Å². The largest absolute Gasteiger partial charge is 0.395 e. The number of aromatic nitrogens is 2. The summed E-state index contributed by atoms with van der Waals surface area (Å²) in [6.07, 6.45) is 0.690. The summed E-state index contributed by atoms with van der Waals surface area (Å²) in [5.74, 6) is 0.805. The summed E-state index contributed by atoms with van der Waals surface area (Å²) in [6.45, 7) is 4.50. The highest BCUT2D eigenvalue weighted by Crippen LogP contribution is 2.12. The number of aldehydes is 1. The molecule has 6 heteroatoms. The van der Waals surface area contributed by atoms with Gasteiger partial charge in [-0.25, -0.2) is 0 Å². The lowest BCUT2D eigenvalue weighted by Crippen LogP contribution is -2.47. The number of carbonyl (C=O) groups is 1. The predicted octanol–water partition coefficient (Wildman–Crippen LogP) is -0.597. The van der Waals surface area contributed by atoms with Crippen LogP contribution < -0.4 is 4.90 Å². The zero-order chi connectivity index (χ0) is 12.1. The Hall–Kier alpha value is -1.53. The highest BCUT2D eigenvalue weighted by atomic mass is 16.3. The van der Waals surface area contributed by atoms with Crippen LogP contribution in [0.15, 0.2) is 12.1 Å². The molecule has 1 N–H and O–H groups in total. The van der Waals surface area contributed by atoms with Crippen LogP contribution in [0.25, 0.3) is 0 Å². The number of β-amino-alcohol motifs (C(OH)–C–C–N with tert-alkyl or cyclic N) is 1. The molecule has 0 amide bonds. The average Bonchev–Trinajstić information content (AvgIpc) is 2.40. The molecule has 1 fully saturated rings. The van der Waals surface area contributed by atoms with E-state index < -0.39 is 0 Å². The van der Waals surface area contributed by atoms with Gasteiger partial charge in [0, 0.05) is 32.7 Å². The summed E-state index contributed by atoms with van der Waals surface area (Å²) in [5.41, 5.74) is 0.354. The van der Waals surface area contributed by atoms with Crippen molar-refractivity contribution in [2.24, 2.45) is 0 Å². The molecule has 0 aromatic carbocycles. The molecule has 0 bridgehead atoms. The molecule has 0 saturated carbocycles. The smallest absolute Gasteiger partial charge is 0.170 e. The van der Waals surface area contributed by atoms with Gasteiger partial charge in [0.25, 0.3) is 0 Å². The molecule has 6 nitrogen and oxygen atoms in total. The third kappa shape index (κ3) is 2.98. The normalized spacial score (nSPS) is 17.1. The van der Waals surface area contributed by atoms with Gasteiger partial charge in [-0.1, -0.05) is 0 Å². The molecule has 0 unspecified atom stereocenters. The van der Waals surface area contributed by atoms with Crippen LogP contribution in [0.2, 0.25) is 0 Å². The zero-order valence-corrected chi connectivity index (χ0v) is 9.62. The van der Waals surface area contributed by atoms with E-state index in [1.165, 1.54) is 0 Å². The topological polar surface area (TPSA) is 69.6 Å². The van der Waals surface area contributed by atoms with Crippen molar-refractivity contribution in [3.63, 3.8) is 0 Å². The molecule has 92 valence electrons. The Balaban J connectivity index is 1.93. The zero-order valence-electron chi connectivity index (χ0n) is 9.62. The van der Waals surface area contributed by atoms with E-state index in [9.17, 15) is 4.79 Å². The Morgan fingerprint density at radius 3 is 2.53 bits per heavy atom. The number of hydrogen-bond acceptors (Lipinski definition) is 6. The minimum atomic E-state index is 0.202. The maximum Gasteiger partial charge on any atom is 0.170 e. The Morgan fingerprint density at radius 1 is 1.24 bits per heavy atom. The van der Waals surface area contributed by atoms with Gasteiger partial charge in [-0.2, -0.15) is 0 Å². The van der Waals surface area contributed by atoms with Crippen LogP contribution in [0.1, 0.15) is 10.5 Å². The molecular formula is C11H16N4O2. The van der Waals surface area contributed by atoms with E-state index in [1.807, 2.05) is 6.07 Å². The van der Waals surface area contributed by atoms with Crippen molar-refractivity contribution in [1.29, 1.82) is 0 Å². The second kappa shape index (κ2) is 5.70. The maximum atomic E-state index is 10.5. The Morgan fingerprint density at radius 2 is 2.00 bits per heavy atom. The fraction of sp³-hybridized carbons (Fsp3) is 0.545. The van der Waals surface area contributed by atoms with Crippen LogP contribution in [-0.2, 0) is 0 Å². The van der Waals surface area contributed by atoms with Gasteiger partial charge in [-0.05, 0) is 12.1 Å². The first kappa shape index (κ1) is 11.9. The lowest BCUT2D eigenvalue weighted by molar-refractivity contribution is 0.111. The minimum absolute atomic E-state index is 0.202. The second-order valence-corrected chi connectivity index (χ2v) is 3.99. The fourth-order valence-corrected chi connectivity index (χ4v) is 1.91. The number of carbonyl (C=O) groups excluding carboxylic acids is 1. The van der Waals surface area contributed by atoms with Crippen molar-refractivity contribution in [1.82, 2.24) is 15.1 Å². The molecule has 0 aliphatic carbocycles. The van der Waals surface area contributed by atoms with Gasteiger partial charge in [0.05, 0.1) is 6.61 Å². The van der Waals surface area contributed by atoms with E-state index in [-0.39, 0.29) is 6.61 Å². The molecule has 2 rings (SSSR count). The summed E-state index contributed by atoms with van der Waals surface area (Å²) in [6, 6.07) is 3.49. The monoisotopic (exact) mass is 236 g/mol. The Bertz CT molecular complexity index is 360. The molecule has 0 spiro atoms. The van der Waals surface area contributed by atoms with Crippen LogP contribution in [-0.4, -0.2) is 65.8 Å². The van der Waals surface area contributed by atoms with E-state index in [2.05, 4.69) is 20.0 Å². The maximum absolute atomic E-state index is 10.5. The molecule has 17 heavy (non-hydrogen) atoms. The molecule has 0 atom stereocenters.